The Morgan fingerprint density at radius 3 is 2.93 bits per heavy atom. The molecule has 1 aromatic rings. The molecule has 0 atom stereocenters. The number of carbonyl (C=O) groups excluding carboxylic acids is 1. The molecule has 0 aliphatic rings. The van der Waals surface area contributed by atoms with Gasteiger partial charge in [-0.25, -0.2) is 4.79 Å². The van der Waals surface area contributed by atoms with Crippen molar-refractivity contribution in [3.05, 3.63) is 22.7 Å². The second kappa shape index (κ2) is 4.55. The minimum absolute atomic E-state index is 0.117. The van der Waals surface area contributed by atoms with E-state index < -0.39 is 0 Å². The quantitative estimate of drug-likeness (QED) is 0.764. The largest absolute Gasteiger partial charge is 0.349 e. The van der Waals surface area contributed by atoms with E-state index in [0.29, 0.717) is 12.2 Å². The number of aryl methyl sites for hydroxylation is 1. The average molecular weight is 195 g/mol. The number of hydrogen-bond acceptors (Lipinski definition) is 3. The highest BCUT2D eigenvalue weighted by molar-refractivity contribution is 5.89. The predicted octanol–water partition coefficient (Wildman–Crippen LogP) is 0.519. The molecule has 0 aliphatic heterocycles. The Morgan fingerprint density at radius 2 is 2.36 bits per heavy atom. The third-order valence-corrected chi connectivity index (χ3v) is 1.72. The molecule has 1 N–H and O–H groups in total. The fraction of sp³-hybridized carbons (Fsp3) is 0.444. The molecule has 0 saturated heterocycles. The highest BCUT2D eigenvalue weighted by Crippen LogP contribution is 1.98. The lowest BCUT2D eigenvalue weighted by molar-refractivity contribution is -0.116. The molecule has 1 heterocycles. The van der Waals surface area contributed by atoms with Crippen LogP contribution in [0.2, 0.25) is 0 Å². The van der Waals surface area contributed by atoms with E-state index in [1.54, 1.807) is 19.3 Å². The Kier molecular flexibility index (Phi) is 3.39. The third-order valence-electron chi connectivity index (χ3n) is 1.72. The van der Waals surface area contributed by atoms with Gasteiger partial charge in [0.1, 0.15) is 5.82 Å². The highest BCUT2D eigenvalue weighted by Gasteiger charge is 2.02. The van der Waals surface area contributed by atoms with Crippen LogP contribution in [0.3, 0.4) is 0 Å². The van der Waals surface area contributed by atoms with Gasteiger partial charge in [0.05, 0.1) is 0 Å². The van der Waals surface area contributed by atoms with E-state index in [2.05, 4.69) is 10.3 Å². The molecule has 0 unspecified atom stereocenters. The van der Waals surface area contributed by atoms with Crippen LogP contribution in [0.15, 0.2) is 17.1 Å². The van der Waals surface area contributed by atoms with Gasteiger partial charge in [-0.1, -0.05) is 6.92 Å². The second-order valence-corrected chi connectivity index (χ2v) is 3.00. The van der Waals surface area contributed by atoms with E-state index in [0.717, 1.165) is 6.42 Å². The summed E-state index contributed by atoms with van der Waals surface area (Å²) in [7, 11) is 1.60. The van der Waals surface area contributed by atoms with Crippen LogP contribution in [0.25, 0.3) is 0 Å². The van der Waals surface area contributed by atoms with Gasteiger partial charge in [0.25, 0.3) is 0 Å². The van der Waals surface area contributed by atoms with Crippen LogP contribution in [0, 0.1) is 0 Å². The number of nitrogens with zero attached hydrogens (tertiary/aromatic N) is 2. The van der Waals surface area contributed by atoms with E-state index in [-0.39, 0.29) is 11.6 Å². The molecule has 5 nitrogen and oxygen atoms in total. The Morgan fingerprint density at radius 1 is 1.64 bits per heavy atom. The van der Waals surface area contributed by atoms with Gasteiger partial charge in [-0.2, -0.15) is 4.98 Å². The smallest absolute Gasteiger partial charge is 0.310 e. The summed E-state index contributed by atoms with van der Waals surface area (Å²) in [5.41, 5.74) is -0.376. The van der Waals surface area contributed by atoms with Gasteiger partial charge >= 0.3 is 5.69 Å². The van der Waals surface area contributed by atoms with Crippen LogP contribution in [-0.4, -0.2) is 15.5 Å². The van der Waals surface area contributed by atoms with Crippen molar-refractivity contribution in [3.8, 4) is 0 Å². The first kappa shape index (κ1) is 10.4. The fourth-order valence-corrected chi connectivity index (χ4v) is 0.967. The number of aromatic nitrogens is 2. The zero-order chi connectivity index (χ0) is 10.6. The molecule has 0 saturated carbocycles. The van der Waals surface area contributed by atoms with E-state index >= 15 is 0 Å². The first-order valence-corrected chi connectivity index (χ1v) is 4.47. The SMILES string of the molecule is CCCC(=O)Nc1ccn(C)c(=O)n1. The van der Waals surface area contributed by atoms with Crippen LogP contribution in [-0.2, 0) is 11.8 Å². The molecular weight excluding hydrogens is 182 g/mol. The number of carbonyl (C=O) groups is 1. The van der Waals surface area contributed by atoms with Crippen molar-refractivity contribution < 1.29 is 4.79 Å². The van der Waals surface area contributed by atoms with Gasteiger partial charge in [0, 0.05) is 19.7 Å². The van der Waals surface area contributed by atoms with E-state index in [4.69, 9.17) is 0 Å². The minimum atomic E-state index is -0.376. The summed E-state index contributed by atoms with van der Waals surface area (Å²) in [5, 5.41) is 2.55. The second-order valence-electron chi connectivity index (χ2n) is 3.00. The van der Waals surface area contributed by atoms with Crippen LogP contribution in [0.4, 0.5) is 5.82 Å². The van der Waals surface area contributed by atoms with Crippen LogP contribution >= 0.6 is 0 Å². The van der Waals surface area contributed by atoms with Gasteiger partial charge in [0.15, 0.2) is 0 Å². The molecule has 76 valence electrons. The molecule has 0 fully saturated rings. The molecule has 0 aromatic carbocycles. The molecule has 1 rings (SSSR count). The lowest BCUT2D eigenvalue weighted by Gasteiger charge is -2.02. The maximum Gasteiger partial charge on any atom is 0.349 e. The minimum Gasteiger partial charge on any atom is -0.310 e. The summed E-state index contributed by atoms with van der Waals surface area (Å²) < 4.78 is 1.34. The average Bonchev–Trinajstić information content (AvgIpc) is 2.12. The fourth-order valence-electron chi connectivity index (χ4n) is 0.967. The van der Waals surface area contributed by atoms with Crippen LogP contribution < -0.4 is 11.0 Å². The normalized spacial score (nSPS) is 9.86. The topological polar surface area (TPSA) is 64.0 Å². The monoisotopic (exact) mass is 195 g/mol. The first-order valence-electron chi connectivity index (χ1n) is 4.47. The molecule has 1 amide bonds. The number of nitrogens with one attached hydrogen (secondary N) is 1. The maximum absolute atomic E-state index is 11.1. The Bertz CT molecular complexity index is 384. The van der Waals surface area contributed by atoms with Crippen molar-refractivity contribution in [2.24, 2.45) is 7.05 Å². The molecule has 1 aromatic heterocycles. The summed E-state index contributed by atoms with van der Waals surface area (Å²) in [6, 6.07) is 1.59. The predicted molar refractivity (Wildman–Crippen MR) is 53.0 cm³/mol. The summed E-state index contributed by atoms with van der Waals surface area (Å²) in [5.74, 6) is 0.194. The van der Waals surface area contributed by atoms with Gasteiger partial charge in [-0.3, -0.25) is 4.79 Å². The van der Waals surface area contributed by atoms with Crippen molar-refractivity contribution in [1.29, 1.82) is 0 Å². The molecule has 0 bridgehead atoms. The van der Waals surface area contributed by atoms with Gasteiger partial charge in [-0.05, 0) is 12.5 Å². The maximum atomic E-state index is 11.1. The first-order chi connectivity index (χ1) is 6.63. The number of hydrogen-bond donors (Lipinski definition) is 1. The van der Waals surface area contributed by atoms with Crippen LogP contribution in [0.1, 0.15) is 19.8 Å². The van der Waals surface area contributed by atoms with Crippen molar-refractivity contribution in [3.63, 3.8) is 0 Å². The lowest BCUT2D eigenvalue weighted by atomic mass is 10.3. The van der Waals surface area contributed by atoms with Crippen LogP contribution in [0.5, 0.6) is 0 Å². The van der Waals surface area contributed by atoms with Crippen molar-refractivity contribution in [2.75, 3.05) is 5.32 Å². The zero-order valence-corrected chi connectivity index (χ0v) is 8.28. The van der Waals surface area contributed by atoms with Gasteiger partial charge in [-0.15, -0.1) is 0 Å². The summed E-state index contributed by atoms with van der Waals surface area (Å²) >= 11 is 0. The van der Waals surface area contributed by atoms with Gasteiger partial charge < -0.3 is 9.88 Å². The van der Waals surface area contributed by atoms with E-state index in [9.17, 15) is 9.59 Å². The molecule has 5 heteroatoms. The third kappa shape index (κ3) is 2.69. The number of amides is 1. The van der Waals surface area contributed by atoms with Gasteiger partial charge in [0.2, 0.25) is 5.91 Å². The molecular formula is C9H13N3O2. The molecule has 14 heavy (non-hydrogen) atoms. The van der Waals surface area contributed by atoms with Crippen molar-refractivity contribution >= 4 is 11.7 Å². The summed E-state index contributed by atoms with van der Waals surface area (Å²) in [4.78, 5) is 25.9. The lowest BCUT2D eigenvalue weighted by Crippen LogP contribution is -2.22. The van der Waals surface area contributed by atoms with Crippen molar-refractivity contribution in [2.45, 2.75) is 19.8 Å². The molecule has 0 aliphatic carbocycles. The van der Waals surface area contributed by atoms with E-state index in [1.807, 2.05) is 6.92 Å². The standard InChI is InChI=1S/C9H13N3O2/c1-3-4-8(13)10-7-5-6-12(2)9(14)11-7/h5-6H,3-4H2,1-2H3,(H,10,11,13,14). The summed E-state index contributed by atoms with van der Waals surface area (Å²) in [6.45, 7) is 1.91. The molecule has 0 radical (unpaired) electrons. The summed E-state index contributed by atoms with van der Waals surface area (Å²) in [6.07, 6.45) is 2.78. The Labute approximate surface area is 81.8 Å². The Hall–Kier alpha value is -1.65. The Balaban J connectivity index is 2.73. The van der Waals surface area contributed by atoms with Crippen molar-refractivity contribution in [1.82, 2.24) is 9.55 Å². The number of rotatable bonds is 3. The highest BCUT2D eigenvalue weighted by atomic mass is 16.2. The zero-order valence-electron chi connectivity index (χ0n) is 8.28. The molecule has 0 spiro atoms. The van der Waals surface area contributed by atoms with E-state index in [1.165, 1.54) is 4.57 Å². The number of anilines is 1.